The van der Waals surface area contributed by atoms with Crippen molar-refractivity contribution in [1.29, 1.82) is 0 Å². The van der Waals surface area contributed by atoms with Crippen molar-refractivity contribution in [3.8, 4) is 11.1 Å². The number of thiophene rings is 1. The quantitative estimate of drug-likeness (QED) is 0.397. The van der Waals surface area contributed by atoms with Gasteiger partial charge in [-0.05, 0) is 17.7 Å². The third-order valence-electron chi connectivity index (χ3n) is 4.49. The molecule has 0 aliphatic heterocycles. The first-order valence-corrected chi connectivity index (χ1v) is 12.2. The summed E-state index contributed by atoms with van der Waals surface area (Å²) in [7, 11) is 0. The standard InChI is InChI=1S/C20H13ClN4O2S3/c21-12-3-1-11(2-4-12)14-9-30-19-17(14)18(27)23-15(24-19)10-28-8-13-7-16(26)25-5-6-29-20(25)22-13/h1-7,9H,8,10H2,(H,23,24,27). The minimum Gasteiger partial charge on any atom is -0.309 e. The van der Waals surface area contributed by atoms with E-state index in [9.17, 15) is 9.59 Å². The van der Waals surface area contributed by atoms with Crippen LogP contribution in [0.1, 0.15) is 11.5 Å². The largest absolute Gasteiger partial charge is 0.309 e. The number of aromatic amines is 1. The molecule has 0 unspecified atom stereocenters. The van der Waals surface area contributed by atoms with E-state index < -0.39 is 0 Å². The van der Waals surface area contributed by atoms with Gasteiger partial charge in [-0.1, -0.05) is 23.7 Å². The average molecular weight is 473 g/mol. The van der Waals surface area contributed by atoms with E-state index in [1.54, 1.807) is 36.2 Å². The third kappa shape index (κ3) is 3.69. The van der Waals surface area contributed by atoms with Gasteiger partial charge in [-0.15, -0.1) is 34.4 Å². The van der Waals surface area contributed by atoms with Crippen LogP contribution in [0.2, 0.25) is 5.02 Å². The van der Waals surface area contributed by atoms with Crippen LogP contribution in [0, 0.1) is 0 Å². The molecule has 0 atom stereocenters. The number of halogens is 1. The van der Waals surface area contributed by atoms with Crippen molar-refractivity contribution in [3.63, 3.8) is 0 Å². The van der Waals surface area contributed by atoms with E-state index in [-0.39, 0.29) is 11.1 Å². The van der Waals surface area contributed by atoms with E-state index in [0.29, 0.717) is 37.5 Å². The molecular weight excluding hydrogens is 460 g/mol. The summed E-state index contributed by atoms with van der Waals surface area (Å²) in [6, 6.07) is 8.95. The Bertz CT molecular complexity index is 1480. The highest BCUT2D eigenvalue weighted by atomic mass is 35.5. The smallest absolute Gasteiger partial charge is 0.260 e. The molecule has 0 spiro atoms. The second-order valence-electron chi connectivity index (χ2n) is 6.48. The molecule has 4 aromatic heterocycles. The number of hydrogen-bond donors (Lipinski definition) is 1. The predicted molar refractivity (Wildman–Crippen MR) is 125 cm³/mol. The molecule has 0 amide bonds. The van der Waals surface area contributed by atoms with Gasteiger partial charge in [-0.2, -0.15) is 0 Å². The maximum Gasteiger partial charge on any atom is 0.260 e. The van der Waals surface area contributed by atoms with E-state index in [2.05, 4.69) is 15.0 Å². The van der Waals surface area contributed by atoms with Crippen molar-refractivity contribution >= 4 is 61.2 Å². The van der Waals surface area contributed by atoms with Crippen LogP contribution >= 0.6 is 46.0 Å². The summed E-state index contributed by atoms with van der Waals surface area (Å²) in [5, 5.41) is 5.03. The fourth-order valence-corrected chi connectivity index (χ4v) is 5.74. The lowest BCUT2D eigenvalue weighted by Gasteiger charge is -2.03. The molecule has 0 saturated heterocycles. The Morgan fingerprint density at radius 3 is 2.77 bits per heavy atom. The Morgan fingerprint density at radius 2 is 1.93 bits per heavy atom. The van der Waals surface area contributed by atoms with Gasteiger partial charge < -0.3 is 4.98 Å². The fraction of sp³-hybridized carbons (Fsp3) is 0.100. The van der Waals surface area contributed by atoms with Gasteiger partial charge in [0.05, 0.1) is 16.8 Å². The number of aromatic nitrogens is 4. The molecule has 5 rings (SSSR count). The van der Waals surface area contributed by atoms with Crippen molar-refractivity contribution in [2.24, 2.45) is 0 Å². The molecule has 4 heterocycles. The molecule has 6 nitrogen and oxygen atoms in total. The summed E-state index contributed by atoms with van der Waals surface area (Å²) in [4.78, 5) is 38.2. The molecule has 5 aromatic rings. The van der Waals surface area contributed by atoms with Gasteiger partial charge in [0, 0.05) is 39.4 Å². The topological polar surface area (TPSA) is 80.1 Å². The highest BCUT2D eigenvalue weighted by molar-refractivity contribution is 7.97. The highest BCUT2D eigenvalue weighted by Crippen LogP contribution is 2.31. The molecular formula is C20H13ClN4O2S3. The summed E-state index contributed by atoms with van der Waals surface area (Å²) >= 11 is 10.4. The van der Waals surface area contributed by atoms with Gasteiger partial charge in [0.2, 0.25) is 0 Å². The Labute approximate surface area is 187 Å². The number of H-pyrrole nitrogens is 1. The first kappa shape index (κ1) is 19.5. The van der Waals surface area contributed by atoms with E-state index >= 15 is 0 Å². The molecule has 0 radical (unpaired) electrons. The van der Waals surface area contributed by atoms with Gasteiger partial charge >= 0.3 is 0 Å². The van der Waals surface area contributed by atoms with E-state index in [0.717, 1.165) is 16.8 Å². The van der Waals surface area contributed by atoms with Crippen LogP contribution in [0.3, 0.4) is 0 Å². The number of nitrogens with zero attached hydrogens (tertiary/aromatic N) is 3. The lowest BCUT2D eigenvalue weighted by molar-refractivity contribution is 1.03. The van der Waals surface area contributed by atoms with Crippen molar-refractivity contribution in [3.05, 3.63) is 84.5 Å². The Balaban J connectivity index is 1.37. The number of rotatable bonds is 5. The van der Waals surface area contributed by atoms with Crippen molar-refractivity contribution in [2.45, 2.75) is 11.5 Å². The Kier molecular flexibility index (Phi) is 5.20. The lowest BCUT2D eigenvalue weighted by atomic mass is 10.1. The SMILES string of the molecule is O=c1[nH]c(CSCc2cc(=O)n3ccsc3n2)nc2scc(-c3ccc(Cl)cc3)c12. The van der Waals surface area contributed by atoms with Crippen LogP contribution in [-0.4, -0.2) is 19.4 Å². The van der Waals surface area contributed by atoms with E-state index in [1.807, 2.05) is 22.9 Å². The van der Waals surface area contributed by atoms with Gasteiger partial charge in [0.1, 0.15) is 10.7 Å². The van der Waals surface area contributed by atoms with Crippen LogP contribution in [-0.2, 0) is 11.5 Å². The Hall–Kier alpha value is -2.46. The second-order valence-corrected chi connectivity index (χ2v) is 9.64. The number of benzene rings is 1. The molecule has 30 heavy (non-hydrogen) atoms. The van der Waals surface area contributed by atoms with Gasteiger partial charge in [0.15, 0.2) is 4.96 Å². The summed E-state index contributed by atoms with van der Waals surface area (Å²) in [5.74, 6) is 1.69. The van der Waals surface area contributed by atoms with Crippen LogP contribution in [0.5, 0.6) is 0 Å². The first-order chi connectivity index (χ1) is 14.6. The normalized spacial score (nSPS) is 11.5. The molecule has 0 saturated carbocycles. The highest BCUT2D eigenvalue weighted by Gasteiger charge is 2.13. The zero-order valence-electron chi connectivity index (χ0n) is 15.3. The number of thioether (sulfide) groups is 1. The maximum atomic E-state index is 12.7. The molecule has 0 bridgehead atoms. The minimum absolute atomic E-state index is 0.0851. The van der Waals surface area contributed by atoms with E-state index in [1.165, 1.54) is 27.1 Å². The van der Waals surface area contributed by atoms with Crippen LogP contribution in [0.15, 0.2) is 56.9 Å². The predicted octanol–water partition coefficient (Wildman–Crippen LogP) is 4.81. The van der Waals surface area contributed by atoms with Gasteiger partial charge in [-0.3, -0.25) is 14.0 Å². The zero-order chi connectivity index (χ0) is 20.7. The number of nitrogens with one attached hydrogen (secondary N) is 1. The van der Waals surface area contributed by atoms with Crippen LogP contribution < -0.4 is 11.1 Å². The summed E-state index contributed by atoms with van der Waals surface area (Å²) in [6.45, 7) is 0. The van der Waals surface area contributed by atoms with Gasteiger partial charge in [0.25, 0.3) is 11.1 Å². The van der Waals surface area contributed by atoms with Crippen LogP contribution in [0.4, 0.5) is 0 Å². The van der Waals surface area contributed by atoms with Crippen molar-refractivity contribution in [1.82, 2.24) is 19.4 Å². The lowest BCUT2D eigenvalue weighted by Crippen LogP contribution is -2.13. The zero-order valence-corrected chi connectivity index (χ0v) is 18.5. The van der Waals surface area contributed by atoms with Crippen LogP contribution in [0.25, 0.3) is 26.3 Å². The van der Waals surface area contributed by atoms with E-state index in [4.69, 9.17) is 11.6 Å². The summed E-state index contributed by atoms with van der Waals surface area (Å²) < 4.78 is 1.53. The van der Waals surface area contributed by atoms with Crippen molar-refractivity contribution in [2.75, 3.05) is 0 Å². The molecule has 0 aliphatic carbocycles. The summed E-state index contributed by atoms with van der Waals surface area (Å²) in [5.41, 5.74) is 2.27. The maximum absolute atomic E-state index is 12.7. The minimum atomic E-state index is -0.154. The molecule has 1 N–H and O–H groups in total. The first-order valence-electron chi connectivity index (χ1n) is 8.88. The fourth-order valence-electron chi connectivity index (χ4n) is 3.12. The monoisotopic (exact) mass is 472 g/mol. The number of hydrogen-bond acceptors (Lipinski definition) is 7. The third-order valence-corrected chi connectivity index (χ3v) is 7.35. The Morgan fingerprint density at radius 1 is 1.10 bits per heavy atom. The molecule has 0 aliphatic rings. The summed E-state index contributed by atoms with van der Waals surface area (Å²) in [6.07, 6.45) is 1.72. The second kappa shape index (κ2) is 7.99. The molecule has 0 fully saturated rings. The van der Waals surface area contributed by atoms with Gasteiger partial charge in [-0.25, -0.2) is 9.97 Å². The number of fused-ring (bicyclic) bond motifs is 2. The molecule has 10 heteroatoms. The average Bonchev–Trinajstić information content (AvgIpc) is 3.36. The molecule has 150 valence electrons. The number of thiazole rings is 1. The molecule has 1 aromatic carbocycles. The van der Waals surface area contributed by atoms with Crippen molar-refractivity contribution < 1.29 is 0 Å².